The van der Waals surface area contributed by atoms with Crippen LogP contribution in [0.15, 0.2) is 48.5 Å². The monoisotopic (exact) mass is 396 g/mol. The summed E-state index contributed by atoms with van der Waals surface area (Å²) in [5.41, 5.74) is 4.98. The first-order valence-corrected chi connectivity index (χ1v) is 9.69. The molecule has 1 N–H and O–H groups in total. The number of methoxy groups -OCH3 is 1. The largest absolute Gasteiger partial charge is 0.467 e. The summed E-state index contributed by atoms with van der Waals surface area (Å²) in [7, 11) is 1.34. The van der Waals surface area contributed by atoms with Crippen LogP contribution in [0.5, 0.6) is 0 Å². The van der Waals surface area contributed by atoms with Gasteiger partial charge in [0.2, 0.25) is 5.91 Å². The molecule has 3 aromatic rings. The number of carbonyl (C=O) groups is 2. The van der Waals surface area contributed by atoms with Gasteiger partial charge in [0.1, 0.15) is 11.9 Å². The van der Waals surface area contributed by atoms with Gasteiger partial charge >= 0.3 is 5.97 Å². The Morgan fingerprint density at radius 1 is 1.18 bits per heavy atom. The van der Waals surface area contributed by atoms with Crippen LogP contribution in [0.25, 0.3) is 10.9 Å². The number of hydrogen-bond acceptors (Lipinski definition) is 3. The second kappa shape index (κ2) is 7.32. The first-order valence-electron chi connectivity index (χ1n) is 9.16. The molecule has 0 radical (unpaired) electrons. The Kier molecular flexibility index (Phi) is 4.85. The number of benzene rings is 2. The Morgan fingerprint density at radius 2 is 1.89 bits per heavy atom. The topological polar surface area (TPSA) is 62.4 Å². The summed E-state index contributed by atoms with van der Waals surface area (Å²) < 4.78 is 5.04. The number of hydrogen-bond donors (Lipinski definition) is 1. The summed E-state index contributed by atoms with van der Waals surface area (Å²) in [6, 6.07) is 14.8. The molecule has 2 atom stereocenters. The van der Waals surface area contributed by atoms with Crippen molar-refractivity contribution in [2.45, 2.75) is 25.4 Å². The highest BCUT2D eigenvalue weighted by Gasteiger charge is 2.43. The molecule has 1 aromatic heterocycles. The number of alkyl halides is 1. The van der Waals surface area contributed by atoms with Crippen molar-refractivity contribution in [1.82, 2.24) is 9.88 Å². The normalized spacial score (nSPS) is 18.8. The van der Waals surface area contributed by atoms with Gasteiger partial charge in [-0.15, -0.1) is 11.6 Å². The van der Waals surface area contributed by atoms with E-state index in [1.807, 2.05) is 55.5 Å². The van der Waals surface area contributed by atoms with Crippen LogP contribution in [0.1, 0.15) is 28.4 Å². The Hall–Kier alpha value is -2.79. The molecule has 0 spiro atoms. The molecule has 6 heteroatoms. The summed E-state index contributed by atoms with van der Waals surface area (Å²) >= 11 is 5.93. The highest BCUT2D eigenvalue weighted by Crippen LogP contribution is 2.41. The zero-order chi connectivity index (χ0) is 19.8. The maximum absolute atomic E-state index is 12.8. The van der Waals surface area contributed by atoms with Crippen LogP contribution < -0.4 is 0 Å². The van der Waals surface area contributed by atoms with E-state index in [0.29, 0.717) is 6.42 Å². The zero-order valence-electron chi connectivity index (χ0n) is 15.7. The van der Waals surface area contributed by atoms with Crippen LogP contribution in [0.2, 0.25) is 0 Å². The van der Waals surface area contributed by atoms with Crippen LogP contribution >= 0.6 is 11.6 Å². The van der Waals surface area contributed by atoms with Crippen molar-refractivity contribution in [3.63, 3.8) is 0 Å². The first-order chi connectivity index (χ1) is 13.5. The van der Waals surface area contributed by atoms with E-state index in [9.17, 15) is 9.59 Å². The number of esters is 1. The number of nitrogens with zero attached hydrogens (tertiary/aromatic N) is 1. The van der Waals surface area contributed by atoms with Crippen molar-refractivity contribution in [3.05, 3.63) is 70.9 Å². The fourth-order valence-electron chi connectivity index (χ4n) is 4.08. The Labute approximate surface area is 168 Å². The lowest BCUT2D eigenvalue weighted by Crippen LogP contribution is -2.52. The van der Waals surface area contributed by atoms with Crippen LogP contribution in [-0.2, 0) is 20.7 Å². The predicted octanol–water partition coefficient (Wildman–Crippen LogP) is 3.73. The summed E-state index contributed by atoms with van der Waals surface area (Å²) in [6.07, 6.45) is 0.386. The van der Waals surface area contributed by atoms with E-state index in [2.05, 4.69) is 4.98 Å². The highest BCUT2D eigenvalue weighted by atomic mass is 35.5. The quantitative estimate of drug-likeness (QED) is 0.542. The predicted molar refractivity (Wildman–Crippen MR) is 108 cm³/mol. The van der Waals surface area contributed by atoms with Crippen molar-refractivity contribution in [1.29, 1.82) is 0 Å². The lowest BCUT2D eigenvalue weighted by atomic mass is 9.87. The molecule has 0 saturated carbocycles. The molecule has 2 aromatic carbocycles. The van der Waals surface area contributed by atoms with E-state index >= 15 is 0 Å². The molecule has 0 aliphatic carbocycles. The fraction of sp³-hybridized carbons (Fsp3) is 0.273. The average Bonchev–Trinajstić information content (AvgIpc) is 3.10. The van der Waals surface area contributed by atoms with Gasteiger partial charge in [-0.1, -0.05) is 48.0 Å². The third-order valence-corrected chi connectivity index (χ3v) is 5.63. The highest BCUT2D eigenvalue weighted by molar-refractivity contribution is 6.27. The summed E-state index contributed by atoms with van der Waals surface area (Å²) in [5.74, 6) is -0.940. The van der Waals surface area contributed by atoms with Gasteiger partial charge in [0, 0.05) is 23.0 Å². The maximum atomic E-state index is 12.8. The standard InChI is InChI=1S/C22H21ClN2O3/c1-13-7-9-14(10-8-13)21-20-16(15-5-3-4-6-17(15)24-20)11-18(22(27)28-2)25(21)19(26)12-23/h3-10,18,21,24H,11-12H2,1-2H3/t18-,21?/m0/s1. The van der Waals surface area contributed by atoms with Crippen molar-refractivity contribution in [2.75, 3.05) is 13.0 Å². The number of aromatic amines is 1. The van der Waals surface area contributed by atoms with Crippen molar-refractivity contribution in [2.24, 2.45) is 0 Å². The second-order valence-electron chi connectivity index (χ2n) is 7.05. The van der Waals surface area contributed by atoms with Gasteiger partial charge in [-0.05, 0) is 24.1 Å². The van der Waals surface area contributed by atoms with Crippen LogP contribution in [0.4, 0.5) is 0 Å². The molecular formula is C22H21ClN2O3. The minimum Gasteiger partial charge on any atom is -0.467 e. The number of para-hydroxylation sites is 1. The number of nitrogens with one attached hydrogen (secondary N) is 1. The number of ether oxygens (including phenoxy) is 1. The van der Waals surface area contributed by atoms with E-state index in [0.717, 1.165) is 33.3 Å². The van der Waals surface area contributed by atoms with Gasteiger partial charge in [0.25, 0.3) is 0 Å². The smallest absolute Gasteiger partial charge is 0.328 e. The third-order valence-electron chi connectivity index (χ3n) is 5.40. The molecule has 2 heterocycles. The Morgan fingerprint density at radius 3 is 2.57 bits per heavy atom. The van der Waals surface area contributed by atoms with Gasteiger partial charge in [-0.2, -0.15) is 0 Å². The molecule has 144 valence electrons. The van der Waals surface area contributed by atoms with Gasteiger partial charge in [0.05, 0.1) is 13.2 Å². The number of H-pyrrole nitrogens is 1. The number of aryl methyl sites for hydroxylation is 1. The van der Waals surface area contributed by atoms with Crippen LogP contribution in [0, 0.1) is 6.92 Å². The number of carbonyl (C=O) groups excluding carboxylic acids is 2. The Bertz CT molecular complexity index is 1040. The molecule has 1 unspecified atom stereocenters. The lowest BCUT2D eigenvalue weighted by molar-refractivity contribution is -0.154. The molecule has 1 amide bonds. The Balaban J connectivity index is 1.98. The number of amides is 1. The van der Waals surface area contributed by atoms with E-state index in [1.165, 1.54) is 7.11 Å². The molecule has 0 fully saturated rings. The van der Waals surface area contributed by atoms with Crippen molar-refractivity contribution < 1.29 is 14.3 Å². The van der Waals surface area contributed by atoms with E-state index in [1.54, 1.807) is 4.90 Å². The molecule has 4 rings (SSSR count). The van der Waals surface area contributed by atoms with Crippen LogP contribution in [-0.4, -0.2) is 40.8 Å². The molecule has 1 aliphatic rings. The van der Waals surface area contributed by atoms with E-state index < -0.39 is 18.1 Å². The lowest BCUT2D eigenvalue weighted by Gasteiger charge is -2.40. The van der Waals surface area contributed by atoms with Crippen molar-refractivity contribution in [3.8, 4) is 0 Å². The molecule has 1 aliphatic heterocycles. The van der Waals surface area contributed by atoms with Crippen molar-refractivity contribution >= 4 is 34.4 Å². The molecular weight excluding hydrogens is 376 g/mol. The SMILES string of the molecule is COC(=O)[C@@H]1Cc2c([nH]c3ccccc23)C(c2ccc(C)cc2)N1C(=O)CCl. The first kappa shape index (κ1) is 18.6. The minimum absolute atomic E-state index is 0.203. The average molecular weight is 397 g/mol. The van der Waals surface area contributed by atoms with E-state index in [-0.39, 0.29) is 11.8 Å². The van der Waals surface area contributed by atoms with E-state index in [4.69, 9.17) is 16.3 Å². The summed E-state index contributed by atoms with van der Waals surface area (Å²) in [5, 5.41) is 1.06. The fourth-order valence-corrected chi connectivity index (χ4v) is 4.22. The second-order valence-corrected chi connectivity index (χ2v) is 7.32. The maximum Gasteiger partial charge on any atom is 0.328 e. The van der Waals surface area contributed by atoms with Gasteiger partial charge in [0.15, 0.2) is 0 Å². The van der Waals surface area contributed by atoms with Gasteiger partial charge < -0.3 is 14.6 Å². The molecule has 5 nitrogen and oxygen atoms in total. The summed E-state index contributed by atoms with van der Waals surface area (Å²) in [4.78, 5) is 30.5. The number of aromatic nitrogens is 1. The molecule has 0 saturated heterocycles. The number of fused-ring (bicyclic) bond motifs is 3. The third kappa shape index (κ3) is 2.96. The number of rotatable bonds is 3. The number of halogens is 1. The van der Waals surface area contributed by atoms with Gasteiger partial charge in [-0.25, -0.2) is 4.79 Å². The summed E-state index contributed by atoms with van der Waals surface area (Å²) in [6.45, 7) is 2.01. The van der Waals surface area contributed by atoms with Gasteiger partial charge in [-0.3, -0.25) is 4.79 Å². The zero-order valence-corrected chi connectivity index (χ0v) is 16.5. The molecule has 28 heavy (non-hydrogen) atoms. The minimum atomic E-state index is -0.728. The molecule has 0 bridgehead atoms. The van der Waals surface area contributed by atoms with Crippen LogP contribution in [0.3, 0.4) is 0 Å².